The molecular weight excluding hydrogens is 411 g/mol. The molecule has 31 heavy (non-hydrogen) atoms. The molecule has 0 aliphatic heterocycles. The van der Waals surface area contributed by atoms with Crippen LogP contribution in [-0.2, 0) is 12.8 Å². The van der Waals surface area contributed by atoms with Crippen molar-refractivity contribution in [2.75, 3.05) is 0 Å². The van der Waals surface area contributed by atoms with E-state index in [0.29, 0.717) is 10.9 Å². The number of rotatable bonds is 4. The van der Waals surface area contributed by atoms with E-state index in [4.69, 9.17) is 15.7 Å². The predicted molar refractivity (Wildman–Crippen MR) is 108 cm³/mol. The van der Waals surface area contributed by atoms with Crippen LogP contribution < -0.4 is 10.5 Å². The molecule has 3 aromatic rings. The minimum Gasteiger partial charge on any atom is -0.487 e. The zero-order chi connectivity index (χ0) is 23.2. The molecule has 9 heteroatoms. The molecule has 0 spiro atoms. The minimum atomic E-state index is -4.51. The number of hydrogen-bond donors (Lipinski definition) is 2. The first-order chi connectivity index (χ1) is 14.4. The van der Waals surface area contributed by atoms with E-state index in [0.717, 1.165) is 17.6 Å². The van der Waals surface area contributed by atoms with Gasteiger partial charge in [0.1, 0.15) is 23.6 Å². The average molecular weight is 431 g/mol. The number of nitriles is 1. The Labute approximate surface area is 176 Å². The highest BCUT2D eigenvalue weighted by molar-refractivity contribution is 6.00. The summed E-state index contributed by atoms with van der Waals surface area (Å²) in [6.45, 7) is 3.22. The van der Waals surface area contributed by atoms with E-state index in [1.165, 1.54) is 12.1 Å². The largest absolute Gasteiger partial charge is 0.487 e. The lowest BCUT2D eigenvalue weighted by Gasteiger charge is -2.13. The monoisotopic (exact) mass is 431 g/mol. The molecular formula is C22H20F3N3O3. The Bertz CT molecular complexity index is 1100. The zero-order valence-electron chi connectivity index (χ0n) is 16.8. The van der Waals surface area contributed by atoms with Crippen molar-refractivity contribution in [2.24, 2.45) is 5.73 Å². The van der Waals surface area contributed by atoms with Gasteiger partial charge in [-0.25, -0.2) is 4.79 Å². The Kier molecular flexibility index (Phi) is 7.20. The van der Waals surface area contributed by atoms with E-state index in [2.05, 4.69) is 4.98 Å². The molecule has 0 amide bonds. The second-order valence-corrected chi connectivity index (χ2v) is 7.14. The van der Waals surface area contributed by atoms with E-state index >= 15 is 0 Å². The van der Waals surface area contributed by atoms with Crippen LogP contribution in [0.5, 0.6) is 5.75 Å². The Morgan fingerprint density at radius 1 is 1.16 bits per heavy atom. The first-order valence-corrected chi connectivity index (χ1v) is 9.02. The number of alkyl halides is 3. The summed E-state index contributed by atoms with van der Waals surface area (Å²) in [6.07, 6.45) is -3.44. The van der Waals surface area contributed by atoms with Crippen LogP contribution in [-0.4, -0.2) is 21.6 Å². The van der Waals surface area contributed by atoms with Gasteiger partial charge in [0, 0.05) is 17.1 Å². The molecule has 6 nitrogen and oxygen atoms in total. The number of carbonyl (C=O) groups is 1. The summed E-state index contributed by atoms with van der Waals surface area (Å²) in [5.74, 6) is -0.975. The van der Waals surface area contributed by atoms with Crippen LogP contribution in [0.4, 0.5) is 13.2 Å². The highest BCUT2D eigenvalue weighted by Gasteiger charge is 2.32. The summed E-state index contributed by atoms with van der Waals surface area (Å²) < 4.78 is 43.2. The van der Waals surface area contributed by atoms with Crippen LogP contribution in [0.15, 0.2) is 54.7 Å². The van der Waals surface area contributed by atoms with Crippen molar-refractivity contribution in [3.05, 3.63) is 71.5 Å². The SMILES string of the molecule is CC(C)(N)C#N.O=C(O)c1ccc2ccccc2c1OCc1ccc(C(F)(F)F)nc1. The van der Waals surface area contributed by atoms with Gasteiger partial charge in [-0.15, -0.1) is 0 Å². The van der Waals surface area contributed by atoms with Gasteiger partial charge in [-0.05, 0) is 31.4 Å². The lowest BCUT2D eigenvalue weighted by Crippen LogP contribution is -2.28. The minimum absolute atomic E-state index is 0.0152. The van der Waals surface area contributed by atoms with E-state index < -0.39 is 23.4 Å². The number of fused-ring (bicyclic) bond motifs is 1. The van der Waals surface area contributed by atoms with Gasteiger partial charge in [-0.2, -0.15) is 18.4 Å². The van der Waals surface area contributed by atoms with Gasteiger partial charge in [-0.3, -0.25) is 4.98 Å². The van der Waals surface area contributed by atoms with E-state index in [9.17, 15) is 23.1 Å². The molecule has 3 N–H and O–H groups in total. The maximum Gasteiger partial charge on any atom is 0.433 e. The van der Waals surface area contributed by atoms with E-state index in [-0.39, 0.29) is 17.9 Å². The number of nitrogens with two attached hydrogens (primary N) is 1. The molecule has 0 fully saturated rings. The van der Waals surface area contributed by atoms with Crippen LogP contribution in [0, 0.1) is 11.3 Å². The standard InChI is InChI=1S/C18H12F3NO3.C4H8N2/c19-18(20,21)15-8-5-11(9-22-15)10-25-16-13-4-2-1-3-12(13)6-7-14(16)17(23)24;1-4(2,6)3-5/h1-9H,10H2,(H,23,24);6H2,1-2H3. The predicted octanol–water partition coefficient (Wildman–Crippen LogP) is 4.78. The molecule has 2 aromatic carbocycles. The van der Waals surface area contributed by atoms with Gasteiger partial charge in [0.25, 0.3) is 0 Å². The molecule has 0 aliphatic carbocycles. The van der Waals surface area contributed by atoms with E-state index in [1.54, 1.807) is 32.0 Å². The zero-order valence-corrected chi connectivity index (χ0v) is 16.8. The lowest BCUT2D eigenvalue weighted by molar-refractivity contribution is -0.141. The number of benzene rings is 2. The number of nitrogens with zero attached hydrogens (tertiary/aromatic N) is 2. The summed E-state index contributed by atoms with van der Waals surface area (Å²) in [6, 6.07) is 14.2. The highest BCUT2D eigenvalue weighted by atomic mass is 19.4. The van der Waals surface area contributed by atoms with Crippen molar-refractivity contribution in [1.82, 2.24) is 4.98 Å². The molecule has 1 aromatic heterocycles. The molecule has 0 saturated carbocycles. The fourth-order valence-electron chi connectivity index (χ4n) is 2.40. The quantitative estimate of drug-likeness (QED) is 0.615. The molecule has 0 unspecified atom stereocenters. The number of carboxylic acid groups (broad SMARTS) is 1. The van der Waals surface area contributed by atoms with Gasteiger partial charge in [-0.1, -0.05) is 36.4 Å². The maximum atomic E-state index is 12.5. The fourth-order valence-corrected chi connectivity index (χ4v) is 2.40. The number of aromatic carboxylic acids is 1. The van der Waals surface area contributed by atoms with Crippen molar-refractivity contribution < 1.29 is 27.8 Å². The molecule has 0 radical (unpaired) electrons. The van der Waals surface area contributed by atoms with Gasteiger partial charge in [0.2, 0.25) is 0 Å². The third-order valence-corrected chi connectivity index (χ3v) is 3.90. The number of halogens is 3. The third kappa shape index (κ3) is 6.69. The summed E-state index contributed by atoms with van der Waals surface area (Å²) in [5.41, 5.74) is 3.91. The van der Waals surface area contributed by atoms with Gasteiger partial charge >= 0.3 is 12.1 Å². The molecule has 0 atom stereocenters. The molecule has 0 aliphatic rings. The first-order valence-electron chi connectivity index (χ1n) is 9.02. The third-order valence-electron chi connectivity index (χ3n) is 3.90. The van der Waals surface area contributed by atoms with Crippen LogP contribution in [0.3, 0.4) is 0 Å². The van der Waals surface area contributed by atoms with Crippen molar-refractivity contribution in [3.8, 4) is 11.8 Å². The smallest absolute Gasteiger partial charge is 0.433 e. The summed E-state index contributed by atoms with van der Waals surface area (Å²) in [7, 11) is 0. The summed E-state index contributed by atoms with van der Waals surface area (Å²) in [4.78, 5) is 14.8. The Morgan fingerprint density at radius 2 is 1.81 bits per heavy atom. The van der Waals surface area contributed by atoms with Gasteiger partial charge in [0.15, 0.2) is 0 Å². The molecule has 0 saturated heterocycles. The topological polar surface area (TPSA) is 109 Å². The Hall–Kier alpha value is -3.64. The number of pyridine rings is 1. The van der Waals surface area contributed by atoms with Crippen molar-refractivity contribution in [2.45, 2.75) is 32.2 Å². The maximum absolute atomic E-state index is 12.5. The molecule has 1 heterocycles. The fraction of sp³-hybridized carbons (Fsp3) is 0.227. The molecule has 3 rings (SSSR count). The average Bonchev–Trinajstić information content (AvgIpc) is 2.71. The highest BCUT2D eigenvalue weighted by Crippen LogP contribution is 2.31. The Morgan fingerprint density at radius 3 is 2.32 bits per heavy atom. The molecule has 0 bridgehead atoms. The summed E-state index contributed by atoms with van der Waals surface area (Å²) >= 11 is 0. The van der Waals surface area contributed by atoms with Crippen LogP contribution in [0.2, 0.25) is 0 Å². The molecule has 162 valence electrons. The van der Waals surface area contributed by atoms with Crippen molar-refractivity contribution in [3.63, 3.8) is 0 Å². The first kappa shape index (κ1) is 23.6. The normalized spacial score (nSPS) is 11.3. The number of ether oxygens (including phenoxy) is 1. The van der Waals surface area contributed by atoms with Crippen LogP contribution in [0.1, 0.15) is 35.5 Å². The van der Waals surface area contributed by atoms with Crippen molar-refractivity contribution >= 4 is 16.7 Å². The second-order valence-electron chi connectivity index (χ2n) is 7.14. The Balaban J connectivity index is 0.000000501. The van der Waals surface area contributed by atoms with Gasteiger partial charge < -0.3 is 15.6 Å². The van der Waals surface area contributed by atoms with E-state index in [1.807, 2.05) is 18.2 Å². The summed E-state index contributed by atoms with van der Waals surface area (Å²) in [5, 5.41) is 18.8. The van der Waals surface area contributed by atoms with Crippen molar-refractivity contribution in [1.29, 1.82) is 5.26 Å². The number of carboxylic acids is 1. The lowest BCUT2D eigenvalue weighted by atomic mass is 10.1. The number of hydrogen-bond acceptors (Lipinski definition) is 5. The van der Waals surface area contributed by atoms with Crippen LogP contribution >= 0.6 is 0 Å². The number of aromatic nitrogens is 1. The van der Waals surface area contributed by atoms with Crippen LogP contribution in [0.25, 0.3) is 10.8 Å². The second kappa shape index (κ2) is 9.45. The van der Waals surface area contributed by atoms with Gasteiger partial charge in [0.05, 0.1) is 11.6 Å².